The minimum absolute atomic E-state index is 0.0521. The van der Waals surface area contributed by atoms with Crippen LogP contribution in [0.5, 0.6) is 0 Å². The summed E-state index contributed by atoms with van der Waals surface area (Å²) in [4.78, 5) is 11.1. The molecular weight excluding hydrogens is 166 g/mol. The summed E-state index contributed by atoms with van der Waals surface area (Å²) in [6, 6.07) is 9.62. The number of esters is 1. The summed E-state index contributed by atoms with van der Waals surface area (Å²) in [5.74, 6) is -0.149. The third-order valence-corrected chi connectivity index (χ3v) is 1.92. The molecule has 0 aromatic heterocycles. The molecule has 68 valence electrons. The van der Waals surface area contributed by atoms with Gasteiger partial charge in [0.2, 0.25) is 0 Å². The topological polar surface area (TPSA) is 48.2 Å². The standard InChI is InChI=1S/C10H11NO2/c12-10(9-6-11-9)13-7-8-4-2-1-3-5-8/h1-5,9,11H,6-7H2/t9-/m1/s1. The number of carbonyl (C=O) groups excluding carboxylic acids is 1. The third kappa shape index (κ3) is 2.29. The first-order valence-corrected chi connectivity index (χ1v) is 4.30. The first kappa shape index (κ1) is 8.26. The number of hydrogen-bond acceptors (Lipinski definition) is 3. The van der Waals surface area contributed by atoms with E-state index in [0.29, 0.717) is 6.61 Å². The number of ether oxygens (including phenoxy) is 1. The van der Waals surface area contributed by atoms with Crippen LogP contribution < -0.4 is 5.32 Å². The number of benzene rings is 1. The third-order valence-electron chi connectivity index (χ3n) is 1.92. The highest BCUT2D eigenvalue weighted by Gasteiger charge is 2.30. The molecule has 1 fully saturated rings. The fraction of sp³-hybridized carbons (Fsp3) is 0.300. The Balaban J connectivity index is 1.82. The molecule has 1 aromatic carbocycles. The molecular formula is C10H11NO2. The largest absolute Gasteiger partial charge is 0.460 e. The van der Waals surface area contributed by atoms with Gasteiger partial charge in [0.05, 0.1) is 0 Å². The van der Waals surface area contributed by atoms with E-state index in [9.17, 15) is 4.79 Å². The Morgan fingerprint density at radius 2 is 2.15 bits per heavy atom. The molecule has 0 amide bonds. The maximum Gasteiger partial charge on any atom is 0.324 e. The van der Waals surface area contributed by atoms with Crippen molar-refractivity contribution in [2.45, 2.75) is 12.6 Å². The number of nitrogens with one attached hydrogen (secondary N) is 1. The molecule has 3 heteroatoms. The van der Waals surface area contributed by atoms with Gasteiger partial charge in [0.15, 0.2) is 0 Å². The minimum atomic E-state index is -0.149. The van der Waals surface area contributed by atoms with E-state index in [1.165, 1.54) is 0 Å². The average molecular weight is 177 g/mol. The average Bonchev–Trinajstić information content (AvgIpc) is 2.99. The second kappa shape index (κ2) is 3.58. The molecule has 1 aliphatic rings. The summed E-state index contributed by atoms with van der Waals surface area (Å²) in [6.45, 7) is 1.13. The molecule has 0 saturated carbocycles. The van der Waals surface area contributed by atoms with Crippen LogP contribution >= 0.6 is 0 Å². The van der Waals surface area contributed by atoms with Crippen LogP contribution in [0.2, 0.25) is 0 Å². The second-order valence-corrected chi connectivity index (χ2v) is 3.05. The van der Waals surface area contributed by atoms with Gasteiger partial charge >= 0.3 is 5.97 Å². The summed E-state index contributed by atoms with van der Waals surface area (Å²) in [5.41, 5.74) is 1.02. The zero-order valence-corrected chi connectivity index (χ0v) is 7.19. The summed E-state index contributed by atoms with van der Waals surface area (Å²) in [6.07, 6.45) is 0. The van der Waals surface area contributed by atoms with E-state index in [1.54, 1.807) is 0 Å². The Labute approximate surface area is 76.7 Å². The molecule has 0 bridgehead atoms. The Kier molecular flexibility index (Phi) is 2.27. The lowest BCUT2D eigenvalue weighted by Gasteiger charge is -2.02. The smallest absolute Gasteiger partial charge is 0.324 e. The van der Waals surface area contributed by atoms with Crippen molar-refractivity contribution in [1.82, 2.24) is 5.32 Å². The van der Waals surface area contributed by atoms with Gasteiger partial charge in [0, 0.05) is 6.54 Å². The molecule has 0 spiro atoms. The van der Waals surface area contributed by atoms with E-state index in [0.717, 1.165) is 12.1 Å². The van der Waals surface area contributed by atoms with Gasteiger partial charge < -0.3 is 10.1 Å². The molecule has 0 aliphatic carbocycles. The molecule has 0 radical (unpaired) electrons. The molecule has 0 unspecified atom stereocenters. The van der Waals surface area contributed by atoms with Gasteiger partial charge in [-0.3, -0.25) is 4.79 Å². The lowest BCUT2D eigenvalue weighted by molar-refractivity contribution is -0.144. The second-order valence-electron chi connectivity index (χ2n) is 3.05. The van der Waals surface area contributed by atoms with Crippen LogP contribution in [0.1, 0.15) is 5.56 Å². The van der Waals surface area contributed by atoms with E-state index in [4.69, 9.17) is 4.74 Å². The van der Waals surface area contributed by atoms with Crippen LogP contribution in [0.3, 0.4) is 0 Å². The Hall–Kier alpha value is -1.35. The highest BCUT2D eigenvalue weighted by Crippen LogP contribution is 2.04. The molecule has 1 heterocycles. The molecule has 1 atom stereocenters. The van der Waals surface area contributed by atoms with Crippen molar-refractivity contribution >= 4 is 5.97 Å². The highest BCUT2D eigenvalue weighted by atomic mass is 16.5. The van der Waals surface area contributed by atoms with Crippen LogP contribution in [-0.4, -0.2) is 18.6 Å². The van der Waals surface area contributed by atoms with Crippen LogP contribution in [0.4, 0.5) is 0 Å². The lowest BCUT2D eigenvalue weighted by atomic mass is 10.2. The number of hydrogen-bond donors (Lipinski definition) is 1. The van der Waals surface area contributed by atoms with Crippen molar-refractivity contribution < 1.29 is 9.53 Å². The fourth-order valence-corrected chi connectivity index (χ4v) is 1.05. The quantitative estimate of drug-likeness (QED) is 0.546. The first-order valence-electron chi connectivity index (χ1n) is 4.30. The van der Waals surface area contributed by atoms with E-state index in [1.807, 2.05) is 30.3 Å². The fourth-order valence-electron chi connectivity index (χ4n) is 1.05. The van der Waals surface area contributed by atoms with Gasteiger partial charge in [0.25, 0.3) is 0 Å². The summed E-state index contributed by atoms with van der Waals surface area (Å²) in [7, 11) is 0. The van der Waals surface area contributed by atoms with E-state index >= 15 is 0 Å². The summed E-state index contributed by atoms with van der Waals surface area (Å²) >= 11 is 0. The van der Waals surface area contributed by atoms with Crippen LogP contribution in [-0.2, 0) is 16.1 Å². The molecule has 1 N–H and O–H groups in total. The molecule has 13 heavy (non-hydrogen) atoms. The van der Waals surface area contributed by atoms with Crippen molar-refractivity contribution in [3.8, 4) is 0 Å². The SMILES string of the molecule is O=C(OCc1ccccc1)[C@H]1CN1. The van der Waals surface area contributed by atoms with Gasteiger partial charge in [-0.2, -0.15) is 0 Å². The molecule has 3 nitrogen and oxygen atoms in total. The van der Waals surface area contributed by atoms with Crippen LogP contribution in [0, 0.1) is 0 Å². The van der Waals surface area contributed by atoms with Gasteiger partial charge in [-0.1, -0.05) is 30.3 Å². The lowest BCUT2D eigenvalue weighted by Crippen LogP contribution is -2.13. The van der Waals surface area contributed by atoms with Gasteiger partial charge in [-0.25, -0.2) is 0 Å². The Morgan fingerprint density at radius 3 is 2.77 bits per heavy atom. The summed E-state index contributed by atoms with van der Waals surface area (Å²) < 4.78 is 5.05. The van der Waals surface area contributed by atoms with Gasteiger partial charge in [-0.15, -0.1) is 0 Å². The molecule has 1 saturated heterocycles. The summed E-state index contributed by atoms with van der Waals surface area (Å²) in [5, 5.41) is 2.90. The molecule has 1 aliphatic heterocycles. The zero-order chi connectivity index (χ0) is 9.10. The van der Waals surface area contributed by atoms with Crippen molar-refractivity contribution in [3.05, 3.63) is 35.9 Å². The minimum Gasteiger partial charge on any atom is -0.460 e. The van der Waals surface area contributed by atoms with Gasteiger partial charge in [-0.05, 0) is 5.56 Å². The van der Waals surface area contributed by atoms with E-state index in [-0.39, 0.29) is 12.0 Å². The van der Waals surface area contributed by atoms with Crippen LogP contribution in [0.15, 0.2) is 30.3 Å². The normalized spacial score (nSPS) is 19.5. The monoisotopic (exact) mass is 177 g/mol. The number of rotatable bonds is 3. The molecule has 2 rings (SSSR count). The van der Waals surface area contributed by atoms with Crippen molar-refractivity contribution in [2.75, 3.05) is 6.54 Å². The van der Waals surface area contributed by atoms with E-state index in [2.05, 4.69) is 5.32 Å². The van der Waals surface area contributed by atoms with E-state index < -0.39 is 0 Å². The maximum atomic E-state index is 11.1. The Morgan fingerprint density at radius 1 is 1.46 bits per heavy atom. The van der Waals surface area contributed by atoms with Crippen molar-refractivity contribution in [2.24, 2.45) is 0 Å². The zero-order valence-electron chi connectivity index (χ0n) is 7.19. The Bertz CT molecular complexity index is 293. The highest BCUT2D eigenvalue weighted by molar-refractivity contribution is 5.78. The first-order chi connectivity index (χ1) is 6.36. The molecule has 1 aromatic rings. The van der Waals surface area contributed by atoms with Crippen LogP contribution in [0.25, 0.3) is 0 Å². The maximum absolute atomic E-state index is 11.1. The predicted molar refractivity (Wildman–Crippen MR) is 48.0 cm³/mol. The van der Waals surface area contributed by atoms with Crippen molar-refractivity contribution in [3.63, 3.8) is 0 Å². The van der Waals surface area contributed by atoms with Gasteiger partial charge in [0.1, 0.15) is 12.6 Å². The number of carbonyl (C=O) groups is 1. The predicted octanol–water partition coefficient (Wildman–Crippen LogP) is 0.702. The van der Waals surface area contributed by atoms with Crippen molar-refractivity contribution in [1.29, 1.82) is 0 Å².